The van der Waals surface area contributed by atoms with Crippen LogP contribution in [0.15, 0.2) is 41.3 Å². The second kappa shape index (κ2) is 5.34. The fourth-order valence-corrected chi connectivity index (χ4v) is 4.41. The molecule has 3 aromatic rings. The molecule has 2 aromatic carbocycles. The molecule has 5 nitrogen and oxygen atoms in total. The van der Waals surface area contributed by atoms with Crippen LogP contribution in [0.5, 0.6) is 0 Å². The monoisotopic (exact) mass is 341 g/mol. The van der Waals surface area contributed by atoms with Crippen molar-refractivity contribution in [2.75, 3.05) is 4.72 Å². The molecule has 0 saturated carbocycles. The van der Waals surface area contributed by atoms with Gasteiger partial charge in [-0.3, -0.25) is 4.72 Å². The molecule has 4 rings (SSSR count). The maximum atomic E-state index is 12.7. The van der Waals surface area contributed by atoms with Crippen LogP contribution in [0, 0.1) is 6.92 Å². The topological polar surface area (TPSA) is 64.0 Å². The fraction of sp³-hybridized carbons (Fsp3) is 0.278. The van der Waals surface area contributed by atoms with E-state index in [0.29, 0.717) is 10.6 Å². The van der Waals surface area contributed by atoms with Gasteiger partial charge in [0, 0.05) is 7.05 Å². The van der Waals surface area contributed by atoms with Gasteiger partial charge >= 0.3 is 0 Å². The number of imidazole rings is 1. The summed E-state index contributed by atoms with van der Waals surface area (Å²) in [6, 6.07) is 10.9. The second-order valence-electron chi connectivity index (χ2n) is 6.31. The molecular weight excluding hydrogens is 322 g/mol. The second-order valence-corrected chi connectivity index (χ2v) is 7.99. The van der Waals surface area contributed by atoms with E-state index < -0.39 is 10.0 Å². The normalized spacial score (nSPS) is 14.1. The predicted molar refractivity (Wildman–Crippen MR) is 94.7 cm³/mol. The zero-order valence-corrected chi connectivity index (χ0v) is 14.5. The third-order valence-corrected chi connectivity index (χ3v) is 6.12. The van der Waals surface area contributed by atoms with E-state index in [1.54, 1.807) is 24.3 Å². The zero-order valence-electron chi connectivity index (χ0n) is 13.7. The van der Waals surface area contributed by atoms with Gasteiger partial charge in [0.15, 0.2) is 0 Å². The molecule has 0 atom stereocenters. The molecule has 24 heavy (non-hydrogen) atoms. The number of hydrogen-bond donors (Lipinski definition) is 1. The van der Waals surface area contributed by atoms with E-state index in [4.69, 9.17) is 0 Å². The molecule has 0 saturated heterocycles. The first-order valence-electron chi connectivity index (χ1n) is 8.02. The number of nitrogens with zero attached hydrogens (tertiary/aromatic N) is 2. The summed E-state index contributed by atoms with van der Waals surface area (Å²) in [6.45, 7) is 1.92. The van der Waals surface area contributed by atoms with Gasteiger partial charge < -0.3 is 4.57 Å². The molecule has 0 amide bonds. The minimum absolute atomic E-state index is 0.320. The SMILES string of the molecule is Cc1nc2cc(NS(=O)(=O)c3ccc4c(c3)CCC4)ccc2n1C. The van der Waals surface area contributed by atoms with Crippen molar-refractivity contribution in [1.82, 2.24) is 9.55 Å². The lowest BCUT2D eigenvalue weighted by Crippen LogP contribution is -2.13. The predicted octanol–water partition coefficient (Wildman–Crippen LogP) is 3.17. The molecule has 1 aromatic heterocycles. The average Bonchev–Trinajstić information content (AvgIpc) is 3.11. The van der Waals surface area contributed by atoms with Gasteiger partial charge in [-0.25, -0.2) is 13.4 Å². The van der Waals surface area contributed by atoms with Crippen LogP contribution in [0.1, 0.15) is 23.4 Å². The zero-order chi connectivity index (χ0) is 16.9. The maximum Gasteiger partial charge on any atom is 0.261 e. The number of benzene rings is 2. The van der Waals surface area contributed by atoms with Gasteiger partial charge in [-0.15, -0.1) is 0 Å². The maximum absolute atomic E-state index is 12.7. The van der Waals surface area contributed by atoms with E-state index in [9.17, 15) is 8.42 Å². The summed E-state index contributed by atoms with van der Waals surface area (Å²) in [5.41, 5.74) is 4.70. The highest BCUT2D eigenvalue weighted by Crippen LogP contribution is 2.26. The Bertz CT molecular complexity index is 1050. The molecule has 0 unspecified atom stereocenters. The summed E-state index contributed by atoms with van der Waals surface area (Å²) in [4.78, 5) is 4.77. The van der Waals surface area contributed by atoms with Gasteiger partial charge in [0.25, 0.3) is 10.0 Å². The Morgan fingerprint density at radius 3 is 2.71 bits per heavy atom. The fourth-order valence-electron chi connectivity index (χ4n) is 3.31. The van der Waals surface area contributed by atoms with Crippen LogP contribution in [-0.4, -0.2) is 18.0 Å². The molecule has 6 heteroatoms. The van der Waals surface area contributed by atoms with E-state index >= 15 is 0 Å². The van der Waals surface area contributed by atoms with Crippen molar-refractivity contribution < 1.29 is 8.42 Å². The Hall–Kier alpha value is -2.34. The highest BCUT2D eigenvalue weighted by atomic mass is 32.2. The Kier molecular flexibility index (Phi) is 3.38. The number of sulfonamides is 1. The largest absolute Gasteiger partial charge is 0.331 e. The molecule has 0 fully saturated rings. The standard InChI is InChI=1S/C18H19N3O2S/c1-12-19-17-11-15(7-9-18(17)21(12)2)20-24(22,23)16-8-6-13-4-3-5-14(13)10-16/h6-11,20H,3-5H2,1-2H3. The van der Waals surface area contributed by atoms with Crippen molar-refractivity contribution in [2.45, 2.75) is 31.1 Å². The average molecular weight is 341 g/mol. The highest BCUT2D eigenvalue weighted by molar-refractivity contribution is 7.92. The van der Waals surface area contributed by atoms with Crippen LogP contribution < -0.4 is 4.72 Å². The van der Waals surface area contributed by atoms with Gasteiger partial charge in [-0.1, -0.05) is 6.07 Å². The Morgan fingerprint density at radius 1 is 1.08 bits per heavy atom. The first-order chi connectivity index (χ1) is 11.4. The first-order valence-corrected chi connectivity index (χ1v) is 9.50. The third kappa shape index (κ3) is 2.47. The van der Waals surface area contributed by atoms with E-state index in [1.807, 2.05) is 30.7 Å². The van der Waals surface area contributed by atoms with Crippen molar-refractivity contribution in [1.29, 1.82) is 0 Å². The van der Waals surface area contributed by atoms with Crippen LogP contribution in [0.25, 0.3) is 11.0 Å². The van der Waals surface area contributed by atoms with Crippen LogP contribution in [0.2, 0.25) is 0 Å². The molecule has 124 valence electrons. The summed E-state index contributed by atoms with van der Waals surface area (Å²) < 4.78 is 30.0. The van der Waals surface area contributed by atoms with E-state index in [0.717, 1.165) is 41.7 Å². The molecule has 1 aliphatic rings. The number of aromatic nitrogens is 2. The van der Waals surface area contributed by atoms with Crippen LogP contribution in [-0.2, 0) is 29.9 Å². The van der Waals surface area contributed by atoms with Gasteiger partial charge in [0.1, 0.15) is 5.82 Å². The quantitative estimate of drug-likeness (QED) is 0.796. The smallest absolute Gasteiger partial charge is 0.261 e. The van der Waals surface area contributed by atoms with Gasteiger partial charge in [-0.05, 0) is 67.6 Å². The van der Waals surface area contributed by atoms with E-state index in [2.05, 4.69) is 9.71 Å². The summed E-state index contributed by atoms with van der Waals surface area (Å²) in [5.74, 6) is 0.892. The van der Waals surface area contributed by atoms with Crippen molar-refractivity contribution >= 4 is 26.7 Å². The Balaban J connectivity index is 1.68. The first kappa shape index (κ1) is 15.2. The van der Waals surface area contributed by atoms with E-state index in [-0.39, 0.29) is 0 Å². The lowest BCUT2D eigenvalue weighted by molar-refractivity contribution is 0.601. The summed E-state index contributed by atoms with van der Waals surface area (Å²) in [6.07, 6.45) is 3.10. The molecule has 0 radical (unpaired) electrons. The molecule has 0 aliphatic heterocycles. The number of anilines is 1. The van der Waals surface area contributed by atoms with Gasteiger partial charge in [0.05, 0.1) is 21.6 Å². The van der Waals surface area contributed by atoms with Gasteiger partial charge in [0.2, 0.25) is 0 Å². The number of aryl methyl sites for hydroxylation is 4. The summed E-state index contributed by atoms with van der Waals surface area (Å²) >= 11 is 0. The minimum Gasteiger partial charge on any atom is -0.331 e. The minimum atomic E-state index is -3.59. The molecule has 1 N–H and O–H groups in total. The van der Waals surface area contributed by atoms with Gasteiger partial charge in [-0.2, -0.15) is 0 Å². The van der Waals surface area contributed by atoms with Crippen molar-refractivity contribution in [3.05, 3.63) is 53.3 Å². The van der Waals surface area contributed by atoms with Crippen molar-refractivity contribution in [2.24, 2.45) is 7.05 Å². The lowest BCUT2D eigenvalue weighted by atomic mass is 10.1. The van der Waals surface area contributed by atoms with Crippen LogP contribution >= 0.6 is 0 Å². The van der Waals surface area contributed by atoms with E-state index in [1.165, 1.54) is 5.56 Å². The molecule has 0 spiro atoms. The molecular formula is C18H19N3O2S. The number of fused-ring (bicyclic) bond motifs is 2. The summed E-state index contributed by atoms with van der Waals surface area (Å²) in [7, 11) is -1.65. The molecule has 1 heterocycles. The lowest BCUT2D eigenvalue weighted by Gasteiger charge is -2.10. The van der Waals surface area contributed by atoms with Crippen LogP contribution in [0.3, 0.4) is 0 Å². The van der Waals surface area contributed by atoms with Crippen molar-refractivity contribution in [3.63, 3.8) is 0 Å². The third-order valence-electron chi connectivity index (χ3n) is 4.74. The van der Waals surface area contributed by atoms with Crippen LogP contribution in [0.4, 0.5) is 5.69 Å². The number of rotatable bonds is 3. The number of nitrogens with one attached hydrogen (secondary N) is 1. The summed E-state index contributed by atoms with van der Waals surface area (Å²) in [5, 5.41) is 0. The Morgan fingerprint density at radius 2 is 1.88 bits per heavy atom. The molecule has 1 aliphatic carbocycles. The van der Waals surface area contributed by atoms with Crippen molar-refractivity contribution in [3.8, 4) is 0 Å². The highest BCUT2D eigenvalue weighted by Gasteiger charge is 2.19. The Labute approximate surface area is 141 Å². The molecule has 0 bridgehead atoms. The number of hydrogen-bond acceptors (Lipinski definition) is 3.